The lowest BCUT2D eigenvalue weighted by Crippen LogP contribution is -2.81. The Kier molecular flexibility index (Phi) is 13.0. The van der Waals surface area contributed by atoms with Gasteiger partial charge in [-0.05, 0) is 23.1 Å². The minimum Gasteiger partial charge on any atom is -0.287 e. The topological polar surface area (TPSA) is 20.9 Å². The summed E-state index contributed by atoms with van der Waals surface area (Å²) < 4.78 is 296. The van der Waals surface area contributed by atoms with E-state index in [0.717, 1.165) is 10.8 Å². The van der Waals surface area contributed by atoms with E-state index in [1.165, 1.54) is 0 Å². The van der Waals surface area contributed by atoms with Crippen LogP contribution in [0.1, 0.15) is 10.4 Å². The van der Waals surface area contributed by atoms with Gasteiger partial charge in [0.1, 0.15) is 52.7 Å². The summed E-state index contributed by atoms with van der Waals surface area (Å²) in [7, 11) is 0. The highest BCUT2D eigenvalue weighted by Gasteiger charge is 2.52. The van der Waals surface area contributed by atoms with E-state index in [1.807, 2.05) is 66.9 Å². The molecule has 2 nitrogen and oxygen atoms in total. The monoisotopic (exact) mass is 961 g/mol. The number of benzene rings is 6. The molecule has 7 rings (SSSR count). The Morgan fingerprint density at radius 2 is 0.662 bits per heavy atom. The Hall–Kier alpha value is -6.65. The maximum absolute atomic E-state index is 15.4. The zero-order chi connectivity index (χ0) is 48.3. The van der Waals surface area contributed by atoms with Crippen LogP contribution in [0.5, 0.6) is 0 Å². The third kappa shape index (κ3) is 7.47. The van der Waals surface area contributed by atoms with Crippen LogP contribution in [0.25, 0.3) is 10.8 Å². The molecule has 0 saturated heterocycles. The van der Waals surface area contributed by atoms with Gasteiger partial charge >= 0.3 is 0 Å². The second-order valence-corrected chi connectivity index (χ2v) is 13.8. The molecule has 338 valence electrons. The SMILES string of the molecule is Fc1c(F)c(F)c([B-](c2c(F)c(F)c(F)c(F)c2F)(c2c(F)c(F)c(F)c(F)c2F)c2c(F)c(F)c(F)c(F)c2F)c(F)c1F.O=C(C[n+]1ccc2ccccc2c1Cl)c1ccccc1. The van der Waals surface area contributed by atoms with E-state index in [2.05, 4.69) is 0 Å². The van der Waals surface area contributed by atoms with Crippen molar-refractivity contribution >= 4 is 56.2 Å². The van der Waals surface area contributed by atoms with Crippen molar-refractivity contribution < 1.29 is 97.2 Å². The maximum Gasteiger partial charge on any atom is 0.283 e. The molecule has 0 aliphatic heterocycles. The molecule has 0 spiro atoms. The molecule has 0 aliphatic rings. The summed E-state index contributed by atoms with van der Waals surface area (Å²) in [6, 6.07) is 19.1. The molecule has 0 bridgehead atoms. The molecule has 0 N–H and O–H groups in total. The van der Waals surface area contributed by atoms with Gasteiger partial charge in [0.05, 0.1) is 5.39 Å². The number of hydrogen-bond acceptors (Lipinski definition) is 1. The first-order valence-corrected chi connectivity index (χ1v) is 17.7. The van der Waals surface area contributed by atoms with Crippen molar-refractivity contribution in [2.24, 2.45) is 0 Å². The summed E-state index contributed by atoms with van der Waals surface area (Å²) in [6.45, 7) is 0.244. The maximum atomic E-state index is 15.4. The molecule has 0 unspecified atom stereocenters. The molecule has 7 aromatic rings. The van der Waals surface area contributed by atoms with Crippen LogP contribution in [-0.4, -0.2) is 11.9 Å². The van der Waals surface area contributed by atoms with Crippen LogP contribution >= 0.6 is 11.6 Å². The molecule has 6 aromatic carbocycles. The van der Waals surface area contributed by atoms with Crippen molar-refractivity contribution in [2.45, 2.75) is 6.54 Å². The fourth-order valence-electron chi connectivity index (χ4n) is 7.09. The van der Waals surface area contributed by atoms with Crippen LogP contribution < -0.4 is 26.4 Å². The predicted octanol–water partition coefficient (Wildman–Crippen LogP) is 9.51. The third-order valence-electron chi connectivity index (χ3n) is 9.99. The Bertz CT molecular complexity index is 2730. The molecule has 24 heteroatoms. The van der Waals surface area contributed by atoms with E-state index in [-0.39, 0.29) is 12.3 Å². The first-order valence-electron chi connectivity index (χ1n) is 17.3. The van der Waals surface area contributed by atoms with Crippen molar-refractivity contribution in [3.05, 3.63) is 194 Å². The molecule has 0 atom stereocenters. The zero-order valence-electron chi connectivity index (χ0n) is 30.9. The van der Waals surface area contributed by atoms with Crippen molar-refractivity contribution in [2.75, 3.05) is 0 Å². The standard InChI is InChI=1S/C24BF20.C17H13ClNO/c26-5-1(6(27)14(35)21(42)13(5)34)25(2-7(28)15(36)22(43)16(37)8(2)29,3-9(30)17(38)23(44)18(39)10(3)31)4-11(32)19(40)24(45)20(41)12(4)33;18-17-15-9-5-4-6-13(15)10-11-19(17)12-16(20)14-7-2-1-3-8-14/h;1-11H,12H2/q-1;+1. The van der Waals surface area contributed by atoms with Gasteiger partial charge in [0, 0.05) is 11.6 Å². The Labute approximate surface area is 353 Å². The lowest BCUT2D eigenvalue weighted by Gasteiger charge is -2.44. The lowest BCUT2D eigenvalue weighted by molar-refractivity contribution is -0.679. The Balaban J connectivity index is 0.000000289. The van der Waals surface area contributed by atoms with Crippen LogP contribution in [0.4, 0.5) is 87.8 Å². The number of halogens is 21. The summed E-state index contributed by atoms with van der Waals surface area (Å²) in [5.74, 6) is -71.4. The summed E-state index contributed by atoms with van der Waals surface area (Å²) >= 11 is 6.38. The molecule has 65 heavy (non-hydrogen) atoms. The number of Topliss-reactive ketones (excluding diaryl/α,β-unsaturated/α-hetero) is 1. The fraction of sp³-hybridized carbons (Fsp3) is 0.0244. The van der Waals surface area contributed by atoms with Gasteiger partial charge in [-0.25, -0.2) is 87.8 Å². The molecular formula is C41H13BClF20NO. The van der Waals surface area contributed by atoms with Gasteiger partial charge in [-0.3, -0.25) is 4.79 Å². The number of rotatable bonds is 7. The quantitative estimate of drug-likeness (QED) is 0.0297. The molecule has 0 amide bonds. The normalized spacial score (nSPS) is 11.6. The van der Waals surface area contributed by atoms with Crippen molar-refractivity contribution in [1.82, 2.24) is 0 Å². The number of hydrogen-bond donors (Lipinski definition) is 0. The number of nitrogens with zero attached hydrogens (tertiary/aromatic N) is 1. The van der Waals surface area contributed by atoms with Gasteiger partial charge in [0.25, 0.3) is 5.15 Å². The summed E-state index contributed by atoms with van der Waals surface area (Å²) in [5.41, 5.74) is -13.6. The minimum atomic E-state index is -7.22. The number of pyridine rings is 1. The Morgan fingerprint density at radius 1 is 0.385 bits per heavy atom. The van der Waals surface area contributed by atoms with Gasteiger partial charge in [0.2, 0.25) is 12.3 Å². The zero-order valence-corrected chi connectivity index (χ0v) is 31.7. The molecule has 0 saturated carbocycles. The summed E-state index contributed by atoms with van der Waals surface area (Å²) in [5, 5.41) is 2.62. The lowest BCUT2D eigenvalue weighted by atomic mass is 9.12. The highest BCUT2D eigenvalue weighted by atomic mass is 35.5. The van der Waals surface area contributed by atoms with Crippen molar-refractivity contribution in [3.63, 3.8) is 0 Å². The van der Waals surface area contributed by atoms with E-state index in [4.69, 9.17) is 11.6 Å². The van der Waals surface area contributed by atoms with Crippen LogP contribution in [0.3, 0.4) is 0 Å². The Morgan fingerprint density at radius 3 is 0.985 bits per heavy atom. The summed E-state index contributed by atoms with van der Waals surface area (Å²) in [6.07, 6.45) is -5.36. The number of fused-ring (bicyclic) bond motifs is 1. The molecule has 1 heterocycles. The molecule has 0 radical (unpaired) electrons. The average Bonchev–Trinajstić information content (AvgIpc) is 3.30. The van der Waals surface area contributed by atoms with E-state index >= 15 is 35.1 Å². The fourth-order valence-corrected chi connectivity index (χ4v) is 7.38. The number of carbonyl (C=O) groups is 1. The number of ketones is 1. The van der Waals surface area contributed by atoms with Gasteiger partial charge in [-0.2, -0.15) is 4.57 Å². The molecular weight excluding hydrogens is 949 g/mol. The second kappa shape index (κ2) is 17.7. The van der Waals surface area contributed by atoms with Gasteiger partial charge in [-0.1, -0.05) is 48.5 Å². The van der Waals surface area contributed by atoms with Crippen LogP contribution in [0, 0.1) is 116 Å². The first-order chi connectivity index (χ1) is 30.5. The smallest absolute Gasteiger partial charge is 0.283 e. The summed E-state index contributed by atoms with van der Waals surface area (Å²) in [4.78, 5) is 12.2. The number of aromatic nitrogens is 1. The van der Waals surface area contributed by atoms with E-state index < -0.39 is 144 Å². The van der Waals surface area contributed by atoms with Crippen LogP contribution in [0.15, 0.2) is 66.9 Å². The van der Waals surface area contributed by atoms with E-state index in [1.54, 1.807) is 4.57 Å². The van der Waals surface area contributed by atoms with Gasteiger partial charge in [0.15, 0.2) is 76.0 Å². The van der Waals surface area contributed by atoms with Crippen molar-refractivity contribution in [1.29, 1.82) is 0 Å². The van der Waals surface area contributed by atoms with Gasteiger partial charge in [-0.15, -0.1) is 21.9 Å². The second-order valence-electron chi connectivity index (χ2n) is 13.4. The molecule has 0 aliphatic carbocycles. The van der Waals surface area contributed by atoms with Crippen LogP contribution in [-0.2, 0) is 6.54 Å². The average molecular weight is 962 g/mol. The highest BCUT2D eigenvalue weighted by molar-refractivity contribution is 7.20. The minimum absolute atomic E-state index is 0.0489. The predicted molar refractivity (Wildman–Crippen MR) is 189 cm³/mol. The van der Waals surface area contributed by atoms with Gasteiger partial charge < -0.3 is 0 Å². The molecule has 1 aromatic heterocycles. The largest absolute Gasteiger partial charge is 0.287 e. The van der Waals surface area contributed by atoms with E-state index in [9.17, 15) is 57.5 Å². The van der Waals surface area contributed by atoms with E-state index in [0.29, 0.717) is 10.7 Å². The van der Waals surface area contributed by atoms with Crippen molar-refractivity contribution in [3.8, 4) is 0 Å². The highest BCUT2D eigenvalue weighted by Crippen LogP contribution is 2.31. The number of carbonyl (C=O) groups excluding carboxylic acids is 1. The molecule has 0 fully saturated rings. The van der Waals surface area contributed by atoms with Crippen LogP contribution in [0.2, 0.25) is 5.15 Å². The first kappa shape index (κ1) is 47.8. The third-order valence-corrected chi connectivity index (χ3v) is 10.4.